The van der Waals surface area contributed by atoms with E-state index in [1.54, 1.807) is 9.80 Å². The summed E-state index contributed by atoms with van der Waals surface area (Å²) >= 11 is 0. The number of aliphatic hydroxyl groups is 1. The van der Waals surface area contributed by atoms with Gasteiger partial charge in [0.25, 0.3) is 0 Å². The Balaban J connectivity index is 1.91. The van der Waals surface area contributed by atoms with Crippen molar-refractivity contribution in [3.63, 3.8) is 0 Å². The summed E-state index contributed by atoms with van der Waals surface area (Å²) < 4.78 is 0. The van der Waals surface area contributed by atoms with Crippen molar-refractivity contribution in [3.8, 4) is 0 Å². The van der Waals surface area contributed by atoms with Crippen molar-refractivity contribution in [2.75, 3.05) is 26.2 Å². The molecule has 0 aromatic heterocycles. The van der Waals surface area contributed by atoms with Gasteiger partial charge in [0.1, 0.15) is 0 Å². The van der Waals surface area contributed by atoms with E-state index in [-0.39, 0.29) is 31.0 Å². The number of rotatable bonds is 3. The number of aliphatic hydroxyl groups excluding tert-OH is 1. The lowest BCUT2D eigenvalue weighted by atomic mass is 10.2. The Hall–Kier alpha value is -1.10. The normalized spacial score (nSPS) is 25.4. The van der Waals surface area contributed by atoms with Crippen LogP contribution in [0.5, 0.6) is 0 Å². The maximum Gasteiger partial charge on any atom is 0.242 e. The number of amides is 2. The van der Waals surface area contributed by atoms with E-state index in [2.05, 4.69) is 0 Å². The molecule has 2 rings (SSSR count). The molecule has 1 atom stereocenters. The van der Waals surface area contributed by atoms with Crippen molar-refractivity contribution in [3.05, 3.63) is 0 Å². The van der Waals surface area contributed by atoms with Gasteiger partial charge in [-0.25, -0.2) is 0 Å². The molecule has 2 saturated heterocycles. The molecule has 2 fully saturated rings. The quantitative estimate of drug-likeness (QED) is 0.791. The molecular weight excluding hydrogens is 232 g/mol. The van der Waals surface area contributed by atoms with Gasteiger partial charge in [-0.05, 0) is 25.7 Å². The molecule has 2 heterocycles. The first-order chi connectivity index (χ1) is 8.72. The maximum atomic E-state index is 12.2. The van der Waals surface area contributed by atoms with E-state index >= 15 is 0 Å². The van der Waals surface area contributed by atoms with E-state index in [0.29, 0.717) is 19.5 Å². The first-order valence-electron chi connectivity index (χ1n) is 6.90. The molecule has 2 aliphatic heterocycles. The summed E-state index contributed by atoms with van der Waals surface area (Å²) in [6.07, 6.45) is 5.38. The minimum absolute atomic E-state index is 0.0122. The van der Waals surface area contributed by atoms with Gasteiger partial charge in [-0.3, -0.25) is 9.59 Å². The van der Waals surface area contributed by atoms with Crippen LogP contribution in [0.1, 0.15) is 38.5 Å². The first-order valence-corrected chi connectivity index (χ1v) is 6.90. The van der Waals surface area contributed by atoms with Crippen LogP contribution in [0.2, 0.25) is 0 Å². The van der Waals surface area contributed by atoms with Gasteiger partial charge in [-0.2, -0.15) is 0 Å². The summed E-state index contributed by atoms with van der Waals surface area (Å²) in [5.41, 5.74) is 0. The predicted molar refractivity (Wildman–Crippen MR) is 66.9 cm³/mol. The molecule has 0 saturated carbocycles. The number of hydrogen-bond acceptors (Lipinski definition) is 3. The molecule has 0 bridgehead atoms. The van der Waals surface area contributed by atoms with E-state index in [4.69, 9.17) is 0 Å². The standard InChI is InChI=1S/C13H22N2O3/c16-10-11-5-4-8-15(11)13(18)9-14-7-3-1-2-6-12(14)17/h11,16H,1-10H2/t11-/m0/s1. The summed E-state index contributed by atoms with van der Waals surface area (Å²) in [6, 6.07) is -0.0421. The molecule has 0 aromatic carbocycles. The Bertz CT molecular complexity index is 319. The summed E-state index contributed by atoms with van der Waals surface area (Å²) in [6.45, 7) is 1.63. The summed E-state index contributed by atoms with van der Waals surface area (Å²) in [7, 11) is 0. The van der Waals surface area contributed by atoms with Crippen molar-refractivity contribution >= 4 is 11.8 Å². The molecular formula is C13H22N2O3. The van der Waals surface area contributed by atoms with Gasteiger partial charge in [0.05, 0.1) is 19.2 Å². The van der Waals surface area contributed by atoms with Crippen LogP contribution in [-0.2, 0) is 9.59 Å². The summed E-state index contributed by atoms with van der Waals surface area (Å²) in [5.74, 6) is 0.0856. The lowest BCUT2D eigenvalue weighted by Crippen LogP contribution is -2.45. The molecule has 18 heavy (non-hydrogen) atoms. The van der Waals surface area contributed by atoms with E-state index in [0.717, 1.165) is 32.1 Å². The fourth-order valence-electron chi connectivity index (χ4n) is 2.81. The lowest BCUT2D eigenvalue weighted by Gasteiger charge is -2.27. The fourth-order valence-corrected chi connectivity index (χ4v) is 2.81. The number of hydrogen-bond donors (Lipinski definition) is 1. The minimum Gasteiger partial charge on any atom is -0.394 e. The second-order valence-electron chi connectivity index (χ2n) is 5.19. The Labute approximate surface area is 108 Å². The van der Waals surface area contributed by atoms with Crippen LogP contribution in [0.25, 0.3) is 0 Å². The van der Waals surface area contributed by atoms with Crippen LogP contribution >= 0.6 is 0 Å². The minimum atomic E-state index is -0.0421. The molecule has 102 valence electrons. The molecule has 5 heteroatoms. The molecule has 2 aliphatic rings. The average molecular weight is 254 g/mol. The largest absolute Gasteiger partial charge is 0.394 e. The maximum absolute atomic E-state index is 12.2. The Morgan fingerprint density at radius 1 is 1.22 bits per heavy atom. The third-order valence-corrected chi connectivity index (χ3v) is 3.91. The van der Waals surface area contributed by atoms with Crippen molar-refractivity contribution in [2.24, 2.45) is 0 Å². The predicted octanol–water partition coefficient (Wildman–Crippen LogP) is 0.372. The summed E-state index contributed by atoms with van der Waals surface area (Å²) in [4.78, 5) is 27.4. The van der Waals surface area contributed by atoms with E-state index in [1.807, 2.05) is 0 Å². The van der Waals surface area contributed by atoms with Crippen molar-refractivity contribution < 1.29 is 14.7 Å². The topological polar surface area (TPSA) is 60.9 Å². The van der Waals surface area contributed by atoms with Crippen LogP contribution in [-0.4, -0.2) is 59.0 Å². The van der Waals surface area contributed by atoms with Crippen LogP contribution in [0.4, 0.5) is 0 Å². The Kier molecular flexibility index (Phi) is 4.58. The number of carbonyl (C=O) groups is 2. The number of carbonyl (C=O) groups excluding carboxylic acids is 2. The third-order valence-electron chi connectivity index (χ3n) is 3.91. The van der Waals surface area contributed by atoms with Crippen LogP contribution in [0, 0.1) is 0 Å². The lowest BCUT2D eigenvalue weighted by molar-refractivity contribution is -0.141. The SMILES string of the molecule is O=C1CCCCCN1CC(=O)N1CCC[C@H]1CO. The first kappa shape index (κ1) is 13.3. The zero-order chi connectivity index (χ0) is 13.0. The van der Waals surface area contributed by atoms with Gasteiger partial charge >= 0.3 is 0 Å². The molecule has 2 amide bonds. The van der Waals surface area contributed by atoms with Crippen molar-refractivity contribution in [1.29, 1.82) is 0 Å². The highest BCUT2D eigenvalue weighted by molar-refractivity contribution is 5.85. The molecule has 0 unspecified atom stereocenters. The second-order valence-corrected chi connectivity index (χ2v) is 5.19. The van der Waals surface area contributed by atoms with Crippen LogP contribution < -0.4 is 0 Å². The molecule has 5 nitrogen and oxygen atoms in total. The van der Waals surface area contributed by atoms with Crippen LogP contribution in [0.15, 0.2) is 0 Å². The summed E-state index contributed by atoms with van der Waals surface area (Å²) in [5, 5.41) is 9.21. The zero-order valence-corrected chi connectivity index (χ0v) is 10.8. The number of nitrogens with zero attached hydrogens (tertiary/aromatic N) is 2. The zero-order valence-electron chi connectivity index (χ0n) is 10.8. The van der Waals surface area contributed by atoms with E-state index in [9.17, 15) is 14.7 Å². The third kappa shape index (κ3) is 3.02. The molecule has 0 aromatic rings. The highest BCUT2D eigenvalue weighted by Gasteiger charge is 2.30. The molecule has 1 N–H and O–H groups in total. The van der Waals surface area contributed by atoms with E-state index < -0.39 is 0 Å². The van der Waals surface area contributed by atoms with Crippen molar-refractivity contribution in [2.45, 2.75) is 44.6 Å². The van der Waals surface area contributed by atoms with Gasteiger partial charge < -0.3 is 14.9 Å². The smallest absolute Gasteiger partial charge is 0.242 e. The molecule has 0 radical (unpaired) electrons. The van der Waals surface area contributed by atoms with Gasteiger partial charge in [0.15, 0.2) is 0 Å². The highest BCUT2D eigenvalue weighted by atomic mass is 16.3. The monoisotopic (exact) mass is 254 g/mol. The Morgan fingerprint density at radius 3 is 2.83 bits per heavy atom. The molecule has 0 spiro atoms. The Morgan fingerprint density at radius 2 is 2.06 bits per heavy atom. The van der Waals surface area contributed by atoms with Gasteiger partial charge in [0, 0.05) is 19.5 Å². The second kappa shape index (κ2) is 6.18. The average Bonchev–Trinajstić information content (AvgIpc) is 2.76. The van der Waals surface area contributed by atoms with Gasteiger partial charge in [-0.15, -0.1) is 0 Å². The van der Waals surface area contributed by atoms with Crippen molar-refractivity contribution in [1.82, 2.24) is 9.80 Å². The molecule has 0 aliphatic carbocycles. The van der Waals surface area contributed by atoms with Crippen LogP contribution in [0.3, 0.4) is 0 Å². The number of likely N-dealkylation sites (tertiary alicyclic amines) is 2. The van der Waals surface area contributed by atoms with E-state index in [1.165, 1.54) is 0 Å². The highest BCUT2D eigenvalue weighted by Crippen LogP contribution is 2.18. The van der Waals surface area contributed by atoms with Gasteiger partial charge in [0.2, 0.25) is 11.8 Å². The fraction of sp³-hybridized carbons (Fsp3) is 0.846. The van der Waals surface area contributed by atoms with Gasteiger partial charge in [-0.1, -0.05) is 6.42 Å².